The number of aliphatic hydroxyl groups excluding tert-OH is 1. The topological polar surface area (TPSA) is 37.3 Å². The van der Waals surface area contributed by atoms with E-state index in [4.69, 9.17) is 5.11 Å². The molecular formula is C9H18O2S. The van der Waals surface area contributed by atoms with Crippen LogP contribution in [0.4, 0.5) is 0 Å². The predicted octanol–water partition coefficient (Wildman–Crippen LogP) is 2.21. The van der Waals surface area contributed by atoms with E-state index in [0.29, 0.717) is 5.25 Å². The monoisotopic (exact) mass is 190 g/mol. The Morgan fingerprint density at radius 3 is 2.50 bits per heavy atom. The van der Waals surface area contributed by atoms with Crippen LogP contribution in [0.15, 0.2) is 0 Å². The van der Waals surface area contributed by atoms with Crippen molar-refractivity contribution in [2.24, 2.45) is 0 Å². The molecule has 72 valence electrons. The van der Waals surface area contributed by atoms with E-state index in [9.17, 15) is 4.79 Å². The van der Waals surface area contributed by atoms with Crippen LogP contribution in [0.3, 0.4) is 0 Å². The molecule has 0 spiro atoms. The van der Waals surface area contributed by atoms with Gasteiger partial charge in [0.25, 0.3) is 0 Å². The molecule has 0 amide bonds. The van der Waals surface area contributed by atoms with Gasteiger partial charge in [0, 0.05) is 12.2 Å². The summed E-state index contributed by atoms with van der Waals surface area (Å²) in [7, 11) is 0. The van der Waals surface area contributed by atoms with Crippen LogP contribution in [-0.2, 0) is 4.79 Å². The highest BCUT2D eigenvalue weighted by Crippen LogP contribution is 2.21. The molecule has 12 heavy (non-hydrogen) atoms. The first-order valence-corrected chi connectivity index (χ1v) is 5.29. The van der Waals surface area contributed by atoms with Gasteiger partial charge < -0.3 is 5.11 Å². The van der Waals surface area contributed by atoms with E-state index in [1.165, 1.54) is 11.8 Å². The first-order chi connectivity index (χ1) is 5.56. The van der Waals surface area contributed by atoms with E-state index >= 15 is 0 Å². The molecule has 0 heterocycles. The number of carbonyl (C=O) groups excluding carboxylic acids is 1. The summed E-state index contributed by atoms with van der Waals surface area (Å²) in [5.74, 6) is 0. The van der Waals surface area contributed by atoms with E-state index < -0.39 is 0 Å². The Bertz CT molecular complexity index is 134. The first kappa shape index (κ1) is 12.0. The number of aliphatic hydroxyl groups is 1. The Morgan fingerprint density at radius 2 is 2.17 bits per heavy atom. The zero-order valence-electron chi connectivity index (χ0n) is 8.04. The lowest BCUT2D eigenvalue weighted by Crippen LogP contribution is -2.13. The van der Waals surface area contributed by atoms with E-state index in [-0.39, 0.29) is 11.2 Å². The van der Waals surface area contributed by atoms with E-state index in [1.807, 2.05) is 0 Å². The predicted molar refractivity (Wildman–Crippen MR) is 53.3 cm³/mol. The van der Waals surface area contributed by atoms with E-state index in [0.717, 1.165) is 19.3 Å². The largest absolute Gasteiger partial charge is 0.393 e. The molecule has 0 unspecified atom stereocenters. The van der Waals surface area contributed by atoms with Crippen molar-refractivity contribution < 1.29 is 9.90 Å². The van der Waals surface area contributed by atoms with Gasteiger partial charge >= 0.3 is 0 Å². The van der Waals surface area contributed by atoms with Crippen LogP contribution in [-0.4, -0.2) is 21.6 Å². The van der Waals surface area contributed by atoms with Crippen LogP contribution in [0.2, 0.25) is 0 Å². The average molecular weight is 190 g/mol. The third kappa shape index (κ3) is 6.68. The van der Waals surface area contributed by atoms with Gasteiger partial charge in [0.1, 0.15) is 0 Å². The average Bonchev–Trinajstić information content (AvgIpc) is 1.84. The summed E-state index contributed by atoms with van der Waals surface area (Å²) in [6.45, 7) is 5.44. The van der Waals surface area contributed by atoms with Crippen molar-refractivity contribution in [1.29, 1.82) is 0 Å². The lowest BCUT2D eigenvalue weighted by molar-refractivity contribution is -0.109. The number of rotatable bonds is 5. The Labute approximate surface area is 78.7 Å². The molecule has 0 aliphatic heterocycles. The molecule has 0 fully saturated rings. The highest BCUT2D eigenvalue weighted by atomic mass is 32.2. The molecule has 0 aromatic heterocycles. The zero-order valence-corrected chi connectivity index (χ0v) is 8.86. The lowest BCUT2D eigenvalue weighted by atomic mass is 10.1. The summed E-state index contributed by atoms with van der Waals surface area (Å²) in [6, 6.07) is 0. The summed E-state index contributed by atoms with van der Waals surface area (Å²) >= 11 is 1.35. The molecule has 0 aliphatic carbocycles. The van der Waals surface area contributed by atoms with Crippen molar-refractivity contribution >= 4 is 16.9 Å². The van der Waals surface area contributed by atoms with Crippen LogP contribution >= 0.6 is 11.8 Å². The fourth-order valence-corrected chi connectivity index (χ4v) is 2.36. The molecule has 0 aromatic carbocycles. The fourth-order valence-electron chi connectivity index (χ4n) is 1.16. The number of carbonyl (C=O) groups is 1. The third-order valence-corrected chi connectivity index (χ3v) is 2.64. The van der Waals surface area contributed by atoms with Crippen LogP contribution in [0.1, 0.15) is 40.0 Å². The SMILES string of the molecule is CCC[C@H](C[C@H](C)O)SC(C)=O. The standard InChI is InChI=1S/C9H18O2S/c1-4-5-9(6-7(2)10)12-8(3)11/h7,9-10H,4-6H2,1-3H3/t7-,9+/m0/s1. The van der Waals surface area contributed by atoms with Gasteiger partial charge in [-0.15, -0.1) is 0 Å². The maximum Gasteiger partial charge on any atom is 0.186 e. The van der Waals surface area contributed by atoms with Crippen molar-refractivity contribution in [2.75, 3.05) is 0 Å². The number of thioether (sulfide) groups is 1. The number of hydrogen-bond acceptors (Lipinski definition) is 3. The summed E-state index contributed by atoms with van der Waals surface area (Å²) in [5, 5.41) is 9.58. The Kier molecular flexibility index (Phi) is 6.48. The van der Waals surface area contributed by atoms with Gasteiger partial charge in [0.15, 0.2) is 5.12 Å². The van der Waals surface area contributed by atoms with Crippen LogP contribution in [0.25, 0.3) is 0 Å². The molecule has 1 N–H and O–H groups in total. The van der Waals surface area contributed by atoms with E-state index in [2.05, 4.69) is 6.92 Å². The van der Waals surface area contributed by atoms with Gasteiger partial charge in [-0.1, -0.05) is 25.1 Å². The van der Waals surface area contributed by atoms with Gasteiger partial charge in [0.2, 0.25) is 0 Å². The molecule has 2 atom stereocenters. The second-order valence-corrected chi connectivity index (χ2v) is 4.58. The quantitative estimate of drug-likeness (QED) is 0.722. The molecule has 2 nitrogen and oxygen atoms in total. The molecule has 0 radical (unpaired) electrons. The molecule has 3 heteroatoms. The summed E-state index contributed by atoms with van der Waals surface area (Å²) in [5.41, 5.74) is 0. The van der Waals surface area contributed by atoms with Gasteiger partial charge in [0.05, 0.1) is 6.10 Å². The lowest BCUT2D eigenvalue weighted by Gasteiger charge is -2.14. The van der Waals surface area contributed by atoms with Crippen molar-refractivity contribution in [3.8, 4) is 0 Å². The highest BCUT2D eigenvalue weighted by molar-refractivity contribution is 8.14. The molecule has 0 aliphatic rings. The Morgan fingerprint density at radius 1 is 1.58 bits per heavy atom. The van der Waals surface area contributed by atoms with Gasteiger partial charge in [-0.3, -0.25) is 4.79 Å². The fraction of sp³-hybridized carbons (Fsp3) is 0.889. The van der Waals surface area contributed by atoms with Gasteiger partial charge in [-0.05, 0) is 19.8 Å². The van der Waals surface area contributed by atoms with Gasteiger partial charge in [-0.2, -0.15) is 0 Å². The minimum atomic E-state index is -0.298. The smallest absolute Gasteiger partial charge is 0.186 e. The highest BCUT2D eigenvalue weighted by Gasteiger charge is 2.13. The van der Waals surface area contributed by atoms with Crippen molar-refractivity contribution in [1.82, 2.24) is 0 Å². The molecule has 0 rings (SSSR count). The van der Waals surface area contributed by atoms with Crippen molar-refractivity contribution in [3.05, 3.63) is 0 Å². The first-order valence-electron chi connectivity index (χ1n) is 4.41. The normalized spacial score (nSPS) is 15.7. The van der Waals surface area contributed by atoms with Crippen LogP contribution < -0.4 is 0 Å². The maximum atomic E-state index is 10.8. The maximum absolute atomic E-state index is 10.8. The van der Waals surface area contributed by atoms with Crippen molar-refractivity contribution in [3.63, 3.8) is 0 Å². The molecule has 0 saturated carbocycles. The minimum Gasteiger partial charge on any atom is -0.393 e. The molecular weight excluding hydrogens is 172 g/mol. The second kappa shape index (κ2) is 6.49. The van der Waals surface area contributed by atoms with Crippen molar-refractivity contribution in [2.45, 2.75) is 51.4 Å². The summed E-state index contributed by atoms with van der Waals surface area (Å²) < 4.78 is 0. The number of hydrogen-bond donors (Lipinski definition) is 1. The van der Waals surface area contributed by atoms with Crippen LogP contribution in [0, 0.1) is 0 Å². The van der Waals surface area contributed by atoms with Gasteiger partial charge in [-0.25, -0.2) is 0 Å². The molecule has 0 bridgehead atoms. The molecule has 0 aromatic rings. The molecule has 0 saturated heterocycles. The summed E-state index contributed by atoms with van der Waals surface area (Å²) in [6.07, 6.45) is 2.50. The zero-order chi connectivity index (χ0) is 9.56. The minimum absolute atomic E-state index is 0.147. The third-order valence-electron chi connectivity index (χ3n) is 1.55. The Hall–Kier alpha value is -0.0200. The Balaban J connectivity index is 3.77. The van der Waals surface area contributed by atoms with E-state index in [1.54, 1.807) is 13.8 Å². The van der Waals surface area contributed by atoms with Crippen LogP contribution in [0.5, 0.6) is 0 Å². The second-order valence-electron chi connectivity index (χ2n) is 3.10. The summed E-state index contributed by atoms with van der Waals surface area (Å²) in [4.78, 5) is 10.8.